The predicted octanol–water partition coefficient (Wildman–Crippen LogP) is 3.48. The van der Waals surface area contributed by atoms with Gasteiger partial charge >= 0.3 is 5.97 Å². The highest BCUT2D eigenvalue weighted by Crippen LogP contribution is 2.29. The molecule has 1 aromatic rings. The lowest BCUT2D eigenvalue weighted by atomic mass is 9.95. The fourth-order valence-corrected chi connectivity index (χ4v) is 1.38. The van der Waals surface area contributed by atoms with Gasteiger partial charge in [-0.05, 0) is 32.0 Å². The number of rotatable bonds is 4. The van der Waals surface area contributed by atoms with Crippen LogP contribution < -0.4 is 4.74 Å². The number of halogens is 2. The van der Waals surface area contributed by atoms with Gasteiger partial charge in [0.15, 0.2) is 0 Å². The van der Waals surface area contributed by atoms with E-state index in [-0.39, 0.29) is 6.61 Å². The third-order valence-electron chi connectivity index (χ3n) is 2.06. The predicted molar refractivity (Wildman–Crippen MR) is 63.4 cm³/mol. The van der Waals surface area contributed by atoms with E-state index in [4.69, 9.17) is 33.0 Å². The first-order chi connectivity index (χ1) is 7.33. The summed E-state index contributed by atoms with van der Waals surface area (Å²) in [5.41, 5.74) is -0.955. The van der Waals surface area contributed by atoms with Crippen LogP contribution in [0.1, 0.15) is 13.8 Å². The van der Waals surface area contributed by atoms with Gasteiger partial charge in [0.2, 0.25) is 0 Å². The fourth-order valence-electron chi connectivity index (χ4n) is 0.912. The number of ether oxygens (including phenoxy) is 1. The van der Waals surface area contributed by atoms with E-state index in [0.717, 1.165) is 0 Å². The molecule has 0 aliphatic carbocycles. The molecular formula is C11H12Cl2O3. The minimum atomic E-state index is -0.955. The number of carboxylic acid groups (broad SMARTS) is 1. The molecule has 0 saturated carbocycles. The normalized spacial score (nSPS) is 11.2. The molecule has 0 bridgehead atoms. The second-order valence-electron chi connectivity index (χ2n) is 4.05. The van der Waals surface area contributed by atoms with Crippen LogP contribution in [0.3, 0.4) is 0 Å². The Bertz CT molecular complexity index is 402. The molecule has 0 saturated heterocycles. The molecule has 1 aromatic carbocycles. The van der Waals surface area contributed by atoms with Crippen LogP contribution in [0.15, 0.2) is 18.2 Å². The number of carboxylic acids is 1. The summed E-state index contributed by atoms with van der Waals surface area (Å²) in [5.74, 6) is -0.488. The molecule has 0 heterocycles. The Morgan fingerprint density at radius 1 is 1.44 bits per heavy atom. The summed E-state index contributed by atoms with van der Waals surface area (Å²) >= 11 is 11.6. The lowest BCUT2D eigenvalue weighted by Crippen LogP contribution is -2.30. The maximum absolute atomic E-state index is 10.8. The molecule has 16 heavy (non-hydrogen) atoms. The molecule has 88 valence electrons. The summed E-state index contributed by atoms with van der Waals surface area (Å²) in [6, 6.07) is 4.80. The lowest BCUT2D eigenvalue weighted by molar-refractivity contribution is -0.148. The average Bonchev–Trinajstić information content (AvgIpc) is 2.16. The van der Waals surface area contributed by atoms with Crippen molar-refractivity contribution in [3.05, 3.63) is 28.2 Å². The SMILES string of the molecule is CC(C)(COc1ccc(Cl)cc1Cl)C(=O)O. The van der Waals surface area contributed by atoms with Crippen LogP contribution in [0.5, 0.6) is 5.75 Å². The highest BCUT2D eigenvalue weighted by molar-refractivity contribution is 6.35. The zero-order valence-electron chi connectivity index (χ0n) is 8.96. The average molecular weight is 263 g/mol. The molecule has 0 aromatic heterocycles. The van der Waals surface area contributed by atoms with E-state index in [1.807, 2.05) is 0 Å². The summed E-state index contributed by atoms with van der Waals surface area (Å²) in [7, 11) is 0. The topological polar surface area (TPSA) is 46.5 Å². The number of aliphatic carboxylic acids is 1. The summed E-state index contributed by atoms with van der Waals surface area (Å²) in [4.78, 5) is 10.8. The van der Waals surface area contributed by atoms with Crippen molar-refractivity contribution in [2.24, 2.45) is 5.41 Å². The summed E-state index contributed by atoms with van der Waals surface area (Å²) < 4.78 is 5.35. The van der Waals surface area contributed by atoms with Gasteiger partial charge in [-0.15, -0.1) is 0 Å². The van der Waals surface area contributed by atoms with E-state index in [1.165, 1.54) is 0 Å². The van der Waals surface area contributed by atoms with Crippen molar-refractivity contribution < 1.29 is 14.6 Å². The van der Waals surface area contributed by atoms with Crippen molar-refractivity contribution in [1.29, 1.82) is 0 Å². The molecule has 0 aliphatic heterocycles. The third kappa shape index (κ3) is 3.29. The Morgan fingerprint density at radius 3 is 2.56 bits per heavy atom. The number of benzene rings is 1. The van der Waals surface area contributed by atoms with Gasteiger partial charge in [0.25, 0.3) is 0 Å². The monoisotopic (exact) mass is 262 g/mol. The summed E-state index contributed by atoms with van der Waals surface area (Å²) in [6.45, 7) is 3.21. The minimum Gasteiger partial charge on any atom is -0.491 e. The van der Waals surface area contributed by atoms with E-state index < -0.39 is 11.4 Å². The van der Waals surface area contributed by atoms with Gasteiger partial charge in [-0.1, -0.05) is 23.2 Å². The standard InChI is InChI=1S/C11H12Cl2O3/c1-11(2,10(14)15)6-16-9-4-3-7(12)5-8(9)13/h3-5H,6H2,1-2H3,(H,14,15). The molecule has 5 heteroatoms. The molecule has 0 fully saturated rings. The Labute approximate surface area is 104 Å². The van der Waals surface area contributed by atoms with Crippen LogP contribution in [-0.4, -0.2) is 17.7 Å². The van der Waals surface area contributed by atoms with E-state index in [2.05, 4.69) is 0 Å². The molecule has 1 N–H and O–H groups in total. The second-order valence-corrected chi connectivity index (χ2v) is 4.90. The van der Waals surface area contributed by atoms with Gasteiger partial charge in [-0.3, -0.25) is 4.79 Å². The highest BCUT2D eigenvalue weighted by atomic mass is 35.5. The van der Waals surface area contributed by atoms with E-state index in [1.54, 1.807) is 32.0 Å². The van der Waals surface area contributed by atoms with Crippen LogP contribution in [-0.2, 0) is 4.79 Å². The molecule has 3 nitrogen and oxygen atoms in total. The van der Waals surface area contributed by atoms with Crippen LogP contribution in [0.2, 0.25) is 10.0 Å². The maximum Gasteiger partial charge on any atom is 0.312 e. The van der Waals surface area contributed by atoms with Gasteiger partial charge < -0.3 is 9.84 Å². The largest absolute Gasteiger partial charge is 0.491 e. The van der Waals surface area contributed by atoms with E-state index in [0.29, 0.717) is 15.8 Å². The highest BCUT2D eigenvalue weighted by Gasteiger charge is 2.28. The fraction of sp³-hybridized carbons (Fsp3) is 0.364. The third-order valence-corrected chi connectivity index (χ3v) is 2.59. The first kappa shape index (κ1) is 13.1. The van der Waals surface area contributed by atoms with Crippen LogP contribution in [0.25, 0.3) is 0 Å². The van der Waals surface area contributed by atoms with Crippen molar-refractivity contribution in [1.82, 2.24) is 0 Å². The zero-order chi connectivity index (χ0) is 12.3. The summed E-state index contributed by atoms with van der Waals surface area (Å²) in [6.07, 6.45) is 0. The molecule has 0 atom stereocenters. The van der Waals surface area contributed by atoms with Gasteiger partial charge in [0.05, 0.1) is 10.4 Å². The molecule has 0 spiro atoms. The van der Waals surface area contributed by atoms with Crippen molar-refractivity contribution >= 4 is 29.2 Å². The number of hydrogen-bond donors (Lipinski definition) is 1. The quantitative estimate of drug-likeness (QED) is 0.904. The molecule has 0 unspecified atom stereocenters. The molecule has 0 radical (unpaired) electrons. The zero-order valence-corrected chi connectivity index (χ0v) is 10.5. The van der Waals surface area contributed by atoms with Gasteiger partial charge in [0.1, 0.15) is 12.4 Å². The van der Waals surface area contributed by atoms with Crippen LogP contribution >= 0.6 is 23.2 Å². The number of hydrogen-bond acceptors (Lipinski definition) is 2. The molecule has 0 aliphatic rings. The molecule has 0 amide bonds. The van der Waals surface area contributed by atoms with Crippen LogP contribution in [0.4, 0.5) is 0 Å². The van der Waals surface area contributed by atoms with E-state index in [9.17, 15) is 4.79 Å². The van der Waals surface area contributed by atoms with Gasteiger partial charge in [-0.2, -0.15) is 0 Å². The molecular weight excluding hydrogens is 251 g/mol. The summed E-state index contributed by atoms with van der Waals surface area (Å²) in [5, 5.41) is 9.78. The maximum atomic E-state index is 10.8. The number of carbonyl (C=O) groups is 1. The van der Waals surface area contributed by atoms with Gasteiger partial charge in [-0.25, -0.2) is 0 Å². The second kappa shape index (κ2) is 4.93. The Balaban J connectivity index is 2.72. The van der Waals surface area contributed by atoms with Crippen molar-refractivity contribution in [3.63, 3.8) is 0 Å². The lowest BCUT2D eigenvalue weighted by Gasteiger charge is -2.19. The minimum absolute atomic E-state index is 0.0453. The van der Waals surface area contributed by atoms with Crippen molar-refractivity contribution in [3.8, 4) is 5.75 Å². The Hall–Kier alpha value is -0.930. The van der Waals surface area contributed by atoms with Gasteiger partial charge in [0, 0.05) is 5.02 Å². The first-order valence-corrected chi connectivity index (χ1v) is 5.40. The Kier molecular flexibility index (Phi) is 4.05. The molecule has 1 rings (SSSR count). The smallest absolute Gasteiger partial charge is 0.312 e. The Morgan fingerprint density at radius 2 is 2.06 bits per heavy atom. The first-order valence-electron chi connectivity index (χ1n) is 4.64. The van der Waals surface area contributed by atoms with E-state index >= 15 is 0 Å². The van der Waals surface area contributed by atoms with Crippen molar-refractivity contribution in [2.45, 2.75) is 13.8 Å². The van der Waals surface area contributed by atoms with Crippen molar-refractivity contribution in [2.75, 3.05) is 6.61 Å². The van der Waals surface area contributed by atoms with Crippen LogP contribution in [0, 0.1) is 5.41 Å².